The second-order valence-corrected chi connectivity index (χ2v) is 5.26. The average molecular weight is 493 g/mol. The standard InChI is InChI=1S/C15H26F3N5O2.HI/c1-4-19-14(20-6-5-7-25-9-8-24-3)21-10-12-11-23(2)22-13(12)15(16,17)18;/h11H,4-10H2,1-3H3,(H2,19,20,21);1H. The average Bonchev–Trinajstić information content (AvgIpc) is 2.93. The number of hydrogen-bond donors (Lipinski definition) is 2. The lowest BCUT2D eigenvalue weighted by Gasteiger charge is -2.11. The molecule has 2 N–H and O–H groups in total. The van der Waals surface area contributed by atoms with Crippen molar-refractivity contribution in [3.63, 3.8) is 0 Å². The van der Waals surface area contributed by atoms with Crippen molar-refractivity contribution < 1.29 is 22.6 Å². The molecule has 0 amide bonds. The number of nitrogens with zero attached hydrogens (tertiary/aromatic N) is 3. The predicted octanol–water partition coefficient (Wildman–Crippen LogP) is 2.17. The van der Waals surface area contributed by atoms with Gasteiger partial charge in [0.1, 0.15) is 0 Å². The Labute approximate surface area is 168 Å². The molecule has 0 unspecified atom stereocenters. The molecule has 0 radical (unpaired) electrons. The molecule has 11 heteroatoms. The van der Waals surface area contributed by atoms with E-state index < -0.39 is 11.9 Å². The molecule has 1 aromatic heterocycles. The fraction of sp³-hybridized carbons (Fsp3) is 0.733. The van der Waals surface area contributed by atoms with Gasteiger partial charge >= 0.3 is 6.18 Å². The Hall–Kier alpha value is -1.08. The van der Waals surface area contributed by atoms with Crippen LogP contribution in [0, 0.1) is 0 Å². The summed E-state index contributed by atoms with van der Waals surface area (Å²) in [5.74, 6) is 0.455. The fourth-order valence-corrected chi connectivity index (χ4v) is 2.02. The third kappa shape index (κ3) is 9.57. The van der Waals surface area contributed by atoms with Crippen molar-refractivity contribution in [2.75, 3.05) is 40.0 Å². The second-order valence-electron chi connectivity index (χ2n) is 5.26. The first-order chi connectivity index (χ1) is 11.9. The van der Waals surface area contributed by atoms with Crippen LogP contribution in [0.2, 0.25) is 0 Å². The minimum absolute atomic E-state index is 0. The van der Waals surface area contributed by atoms with Crippen LogP contribution < -0.4 is 10.6 Å². The number of nitrogens with one attached hydrogen (secondary N) is 2. The molecule has 0 atom stereocenters. The summed E-state index contributed by atoms with van der Waals surface area (Å²) in [5.41, 5.74) is -0.865. The van der Waals surface area contributed by atoms with Crippen LogP contribution in [0.25, 0.3) is 0 Å². The molecule has 152 valence electrons. The summed E-state index contributed by atoms with van der Waals surface area (Å²) in [5, 5.41) is 9.54. The first-order valence-corrected chi connectivity index (χ1v) is 8.07. The number of rotatable bonds is 10. The van der Waals surface area contributed by atoms with Crippen molar-refractivity contribution in [2.24, 2.45) is 12.0 Å². The first-order valence-electron chi connectivity index (χ1n) is 8.07. The number of guanidine groups is 1. The highest BCUT2D eigenvalue weighted by molar-refractivity contribution is 14.0. The van der Waals surface area contributed by atoms with E-state index in [9.17, 15) is 13.2 Å². The zero-order valence-electron chi connectivity index (χ0n) is 15.2. The van der Waals surface area contributed by atoms with Gasteiger partial charge in [-0.05, 0) is 13.3 Å². The Kier molecular flexibility index (Phi) is 12.6. The van der Waals surface area contributed by atoms with Gasteiger partial charge in [-0.3, -0.25) is 4.68 Å². The fourth-order valence-electron chi connectivity index (χ4n) is 2.02. The van der Waals surface area contributed by atoms with Crippen LogP contribution in [0.1, 0.15) is 24.6 Å². The van der Waals surface area contributed by atoms with E-state index in [-0.39, 0.29) is 36.1 Å². The van der Waals surface area contributed by atoms with Crippen molar-refractivity contribution in [2.45, 2.75) is 26.1 Å². The van der Waals surface area contributed by atoms with Gasteiger partial charge in [0.2, 0.25) is 0 Å². The van der Waals surface area contributed by atoms with Crippen LogP contribution in [-0.2, 0) is 29.2 Å². The van der Waals surface area contributed by atoms with Crippen LogP contribution in [0.4, 0.5) is 13.2 Å². The van der Waals surface area contributed by atoms with E-state index in [2.05, 4.69) is 20.7 Å². The smallest absolute Gasteiger partial charge is 0.382 e. The summed E-state index contributed by atoms with van der Waals surface area (Å²) in [6.45, 7) is 4.62. The molecule has 0 spiro atoms. The third-order valence-electron chi connectivity index (χ3n) is 3.11. The number of ether oxygens (including phenoxy) is 2. The van der Waals surface area contributed by atoms with Crippen LogP contribution in [-0.4, -0.2) is 55.8 Å². The SMILES string of the molecule is CCNC(=NCc1cn(C)nc1C(F)(F)F)NCCCOCCOC.I. The number of aryl methyl sites for hydroxylation is 1. The molecule has 0 fully saturated rings. The maximum absolute atomic E-state index is 12.9. The minimum atomic E-state index is -4.49. The predicted molar refractivity (Wildman–Crippen MR) is 104 cm³/mol. The molecule has 0 saturated heterocycles. The number of aliphatic imine (C=N–C) groups is 1. The highest BCUT2D eigenvalue weighted by atomic mass is 127. The Morgan fingerprint density at radius 1 is 1.27 bits per heavy atom. The minimum Gasteiger partial charge on any atom is -0.382 e. The van der Waals surface area contributed by atoms with Gasteiger partial charge in [-0.25, -0.2) is 4.99 Å². The molecule has 0 aliphatic carbocycles. The van der Waals surface area contributed by atoms with Crippen molar-refractivity contribution in [1.29, 1.82) is 0 Å². The van der Waals surface area contributed by atoms with E-state index >= 15 is 0 Å². The third-order valence-corrected chi connectivity index (χ3v) is 3.11. The quantitative estimate of drug-likeness (QED) is 0.226. The normalized spacial score (nSPS) is 12.0. The van der Waals surface area contributed by atoms with Gasteiger partial charge in [0.05, 0.1) is 19.8 Å². The number of alkyl halides is 3. The first kappa shape index (κ1) is 24.9. The Balaban J connectivity index is 0.00000625. The van der Waals surface area contributed by atoms with E-state index in [1.165, 1.54) is 13.2 Å². The molecule has 26 heavy (non-hydrogen) atoms. The van der Waals surface area contributed by atoms with Gasteiger partial charge in [-0.2, -0.15) is 18.3 Å². The van der Waals surface area contributed by atoms with E-state index in [0.717, 1.165) is 11.1 Å². The molecule has 0 saturated carbocycles. The zero-order valence-corrected chi connectivity index (χ0v) is 17.6. The van der Waals surface area contributed by atoms with Crippen molar-refractivity contribution in [3.8, 4) is 0 Å². The lowest BCUT2D eigenvalue weighted by Crippen LogP contribution is -2.38. The lowest BCUT2D eigenvalue weighted by atomic mass is 10.2. The van der Waals surface area contributed by atoms with Gasteiger partial charge in [-0.15, -0.1) is 24.0 Å². The Morgan fingerprint density at radius 2 is 2.00 bits per heavy atom. The van der Waals surface area contributed by atoms with Crippen LogP contribution in [0.3, 0.4) is 0 Å². The van der Waals surface area contributed by atoms with Crippen molar-refractivity contribution in [1.82, 2.24) is 20.4 Å². The number of methoxy groups -OCH3 is 1. The summed E-state index contributed by atoms with van der Waals surface area (Å²) < 4.78 is 50.2. The van der Waals surface area contributed by atoms with Gasteiger partial charge < -0.3 is 20.1 Å². The molecular formula is C15H27F3IN5O2. The zero-order chi connectivity index (χ0) is 18.7. The van der Waals surface area contributed by atoms with Gasteiger partial charge in [0, 0.05) is 45.6 Å². The van der Waals surface area contributed by atoms with Crippen LogP contribution in [0.15, 0.2) is 11.2 Å². The summed E-state index contributed by atoms with van der Waals surface area (Å²) in [6, 6.07) is 0. The second kappa shape index (κ2) is 13.1. The van der Waals surface area contributed by atoms with E-state index in [1.807, 2.05) is 6.92 Å². The number of halogens is 4. The van der Waals surface area contributed by atoms with Gasteiger partial charge in [-0.1, -0.05) is 0 Å². The summed E-state index contributed by atoms with van der Waals surface area (Å²) in [6.07, 6.45) is -2.41. The largest absolute Gasteiger partial charge is 0.435 e. The van der Waals surface area contributed by atoms with E-state index in [4.69, 9.17) is 9.47 Å². The summed E-state index contributed by atoms with van der Waals surface area (Å²) >= 11 is 0. The van der Waals surface area contributed by atoms with Gasteiger partial charge in [0.15, 0.2) is 11.7 Å². The number of hydrogen-bond acceptors (Lipinski definition) is 4. The van der Waals surface area contributed by atoms with E-state index in [0.29, 0.717) is 38.9 Å². The molecule has 1 aromatic rings. The molecule has 0 aromatic carbocycles. The van der Waals surface area contributed by atoms with E-state index in [1.54, 1.807) is 7.11 Å². The molecule has 1 heterocycles. The molecule has 0 aliphatic heterocycles. The molecule has 0 aliphatic rings. The topological polar surface area (TPSA) is 72.7 Å². The van der Waals surface area contributed by atoms with Crippen molar-refractivity contribution >= 4 is 29.9 Å². The lowest BCUT2D eigenvalue weighted by molar-refractivity contribution is -0.142. The molecule has 7 nitrogen and oxygen atoms in total. The number of aromatic nitrogens is 2. The monoisotopic (exact) mass is 493 g/mol. The molecular weight excluding hydrogens is 466 g/mol. The summed E-state index contributed by atoms with van der Waals surface area (Å²) in [7, 11) is 3.06. The Morgan fingerprint density at radius 3 is 2.62 bits per heavy atom. The maximum atomic E-state index is 12.9. The molecule has 1 rings (SSSR count). The highest BCUT2D eigenvalue weighted by Gasteiger charge is 2.36. The van der Waals surface area contributed by atoms with Gasteiger partial charge in [0.25, 0.3) is 0 Å². The van der Waals surface area contributed by atoms with Crippen LogP contribution in [0.5, 0.6) is 0 Å². The molecule has 0 bridgehead atoms. The van der Waals surface area contributed by atoms with Crippen molar-refractivity contribution in [3.05, 3.63) is 17.5 Å². The highest BCUT2D eigenvalue weighted by Crippen LogP contribution is 2.30. The maximum Gasteiger partial charge on any atom is 0.435 e. The van der Waals surface area contributed by atoms with Crippen LogP contribution >= 0.6 is 24.0 Å². The Bertz CT molecular complexity index is 538. The summed E-state index contributed by atoms with van der Waals surface area (Å²) in [4.78, 5) is 4.20.